The number of esters is 2. The van der Waals surface area contributed by atoms with Crippen LogP contribution in [-0.2, 0) is 34.3 Å². The summed E-state index contributed by atoms with van der Waals surface area (Å²) < 4.78 is 26.6. The maximum absolute atomic E-state index is 12.2. The van der Waals surface area contributed by atoms with Crippen LogP contribution in [0.4, 0.5) is 0 Å². The largest absolute Gasteiger partial charge is 0.497 e. The van der Waals surface area contributed by atoms with Gasteiger partial charge in [-0.3, -0.25) is 0 Å². The first-order valence-corrected chi connectivity index (χ1v) is 9.03. The fourth-order valence-electron chi connectivity index (χ4n) is 3.23. The van der Waals surface area contributed by atoms with Gasteiger partial charge in [-0.05, 0) is 35.9 Å². The number of fused-ring (bicyclic) bond motifs is 1. The van der Waals surface area contributed by atoms with E-state index in [4.69, 9.17) is 35.3 Å². The molecule has 3 rings (SSSR count). The molecule has 0 aliphatic carbocycles. The minimum atomic E-state index is -1.53. The molecule has 0 radical (unpaired) electrons. The first-order valence-electron chi connectivity index (χ1n) is 8.60. The SMILES string of the molecule is COC(=O)[C@@H]1OC(c2ccc3cc(OC)ccc3c2)(C(C)Cl)O[C@H]1C(=O)OC. The summed E-state index contributed by atoms with van der Waals surface area (Å²) in [6, 6.07) is 11.1. The van der Waals surface area contributed by atoms with Gasteiger partial charge in [-0.15, -0.1) is 11.6 Å². The summed E-state index contributed by atoms with van der Waals surface area (Å²) in [6.45, 7) is 1.66. The molecule has 0 spiro atoms. The van der Waals surface area contributed by atoms with Gasteiger partial charge >= 0.3 is 11.9 Å². The topological polar surface area (TPSA) is 80.3 Å². The smallest absolute Gasteiger partial charge is 0.338 e. The van der Waals surface area contributed by atoms with Crippen LogP contribution in [0.5, 0.6) is 5.75 Å². The molecule has 1 fully saturated rings. The molecule has 0 amide bonds. The van der Waals surface area contributed by atoms with Crippen molar-refractivity contribution in [2.75, 3.05) is 21.3 Å². The van der Waals surface area contributed by atoms with Gasteiger partial charge in [0.25, 0.3) is 0 Å². The summed E-state index contributed by atoms with van der Waals surface area (Å²) in [5.41, 5.74) is 0.563. The van der Waals surface area contributed by atoms with Crippen LogP contribution in [0, 0.1) is 0 Å². The number of alkyl halides is 1. The van der Waals surface area contributed by atoms with Crippen molar-refractivity contribution in [3.05, 3.63) is 42.0 Å². The average molecular weight is 409 g/mol. The van der Waals surface area contributed by atoms with E-state index in [1.165, 1.54) is 14.2 Å². The maximum Gasteiger partial charge on any atom is 0.338 e. The first kappa shape index (κ1) is 20.4. The third-order valence-electron chi connectivity index (χ3n) is 4.72. The number of carbonyl (C=O) groups excluding carboxylic acids is 2. The normalized spacial score (nSPS) is 21.9. The highest BCUT2D eigenvalue weighted by Crippen LogP contribution is 2.44. The molecule has 28 heavy (non-hydrogen) atoms. The van der Waals surface area contributed by atoms with Gasteiger partial charge in [0.15, 0.2) is 12.2 Å². The fraction of sp³-hybridized carbons (Fsp3) is 0.400. The Hall–Kier alpha value is -2.35. The van der Waals surface area contributed by atoms with Crippen molar-refractivity contribution in [2.24, 2.45) is 0 Å². The van der Waals surface area contributed by atoms with Crippen molar-refractivity contribution >= 4 is 34.3 Å². The zero-order valence-corrected chi connectivity index (χ0v) is 16.7. The second-order valence-electron chi connectivity index (χ2n) is 6.33. The fourth-order valence-corrected chi connectivity index (χ4v) is 3.45. The van der Waals surface area contributed by atoms with Crippen LogP contribution in [0.15, 0.2) is 36.4 Å². The lowest BCUT2D eigenvalue weighted by Gasteiger charge is -2.31. The molecular weight excluding hydrogens is 388 g/mol. The molecule has 150 valence electrons. The molecule has 1 unspecified atom stereocenters. The number of benzene rings is 2. The lowest BCUT2D eigenvalue weighted by Crippen LogP contribution is -2.38. The quantitative estimate of drug-likeness (QED) is 0.555. The maximum atomic E-state index is 12.2. The second kappa shape index (κ2) is 7.95. The number of methoxy groups -OCH3 is 3. The van der Waals surface area contributed by atoms with Crippen LogP contribution >= 0.6 is 11.6 Å². The molecule has 2 aromatic rings. The molecule has 0 bridgehead atoms. The third kappa shape index (κ3) is 3.41. The highest BCUT2D eigenvalue weighted by Gasteiger charge is 2.57. The highest BCUT2D eigenvalue weighted by atomic mass is 35.5. The summed E-state index contributed by atoms with van der Waals surface area (Å²) in [5, 5.41) is 1.09. The Kier molecular flexibility index (Phi) is 5.79. The van der Waals surface area contributed by atoms with E-state index < -0.39 is 35.3 Å². The van der Waals surface area contributed by atoms with E-state index in [1.807, 2.05) is 30.3 Å². The molecule has 1 heterocycles. The van der Waals surface area contributed by atoms with E-state index in [9.17, 15) is 9.59 Å². The van der Waals surface area contributed by atoms with Gasteiger partial charge in [-0.1, -0.05) is 18.2 Å². The van der Waals surface area contributed by atoms with Crippen LogP contribution < -0.4 is 4.74 Å². The highest BCUT2D eigenvalue weighted by molar-refractivity contribution is 6.21. The Balaban J connectivity index is 2.08. The Labute approximate surface area is 167 Å². The third-order valence-corrected chi connectivity index (χ3v) is 5.01. The van der Waals surface area contributed by atoms with Gasteiger partial charge in [-0.2, -0.15) is 0 Å². The predicted octanol–water partition coefficient (Wildman–Crippen LogP) is 2.76. The Morgan fingerprint density at radius 2 is 1.50 bits per heavy atom. The summed E-state index contributed by atoms with van der Waals surface area (Å²) in [7, 11) is 4.00. The molecule has 0 saturated carbocycles. The van der Waals surface area contributed by atoms with Crippen molar-refractivity contribution in [2.45, 2.75) is 30.3 Å². The van der Waals surface area contributed by atoms with Crippen molar-refractivity contribution < 1.29 is 33.3 Å². The summed E-state index contributed by atoms with van der Waals surface area (Å²) in [4.78, 5) is 24.4. The van der Waals surface area contributed by atoms with Gasteiger partial charge in [0, 0.05) is 5.56 Å². The first-order chi connectivity index (χ1) is 13.4. The molecule has 1 aliphatic heterocycles. The number of hydrogen-bond donors (Lipinski definition) is 0. The Morgan fingerprint density at radius 1 is 0.964 bits per heavy atom. The lowest BCUT2D eigenvalue weighted by molar-refractivity contribution is -0.194. The number of rotatable bonds is 5. The molecular formula is C20H21ClO7. The predicted molar refractivity (Wildman–Crippen MR) is 101 cm³/mol. The molecule has 7 nitrogen and oxygen atoms in total. The van der Waals surface area contributed by atoms with Gasteiger partial charge in [0.05, 0.1) is 26.7 Å². The number of halogens is 1. The van der Waals surface area contributed by atoms with Crippen molar-refractivity contribution in [3.63, 3.8) is 0 Å². The van der Waals surface area contributed by atoms with Gasteiger partial charge in [-0.25, -0.2) is 9.59 Å². The van der Waals surface area contributed by atoms with Gasteiger partial charge < -0.3 is 23.7 Å². The van der Waals surface area contributed by atoms with E-state index in [0.717, 1.165) is 16.5 Å². The number of carbonyl (C=O) groups is 2. The van der Waals surface area contributed by atoms with Crippen LogP contribution in [0.2, 0.25) is 0 Å². The monoisotopic (exact) mass is 408 g/mol. The van der Waals surface area contributed by atoms with Crippen molar-refractivity contribution in [1.82, 2.24) is 0 Å². The zero-order valence-electron chi connectivity index (χ0n) is 15.9. The van der Waals surface area contributed by atoms with Crippen molar-refractivity contribution in [1.29, 1.82) is 0 Å². The minimum absolute atomic E-state index is 0.563. The van der Waals surface area contributed by atoms with Crippen LogP contribution in [0.25, 0.3) is 10.8 Å². The van der Waals surface area contributed by atoms with Gasteiger partial charge in [0.1, 0.15) is 5.75 Å². The summed E-state index contributed by atoms with van der Waals surface area (Å²) in [5.74, 6) is -2.31. The molecule has 0 N–H and O–H groups in total. The minimum Gasteiger partial charge on any atom is -0.497 e. The zero-order chi connectivity index (χ0) is 20.5. The van der Waals surface area contributed by atoms with Crippen LogP contribution in [-0.4, -0.2) is 50.9 Å². The number of hydrogen-bond acceptors (Lipinski definition) is 7. The second-order valence-corrected chi connectivity index (χ2v) is 6.99. The van der Waals surface area contributed by atoms with Crippen LogP contribution in [0.1, 0.15) is 12.5 Å². The summed E-state index contributed by atoms with van der Waals surface area (Å²) in [6.07, 6.45) is -2.60. The van der Waals surface area contributed by atoms with Crippen molar-refractivity contribution in [3.8, 4) is 5.75 Å². The van der Waals surface area contributed by atoms with E-state index in [0.29, 0.717) is 5.56 Å². The molecule has 3 atom stereocenters. The van der Waals surface area contributed by atoms with E-state index in [-0.39, 0.29) is 0 Å². The standard InChI is InChI=1S/C20H21ClO7/c1-11(21)20(27-16(18(22)25-3)17(28-20)19(23)26-4)14-7-5-13-10-15(24-2)8-6-12(13)9-14/h5-11,16-17H,1-4H3/t11?,16-,17-/m1/s1. The average Bonchev–Trinajstić information content (AvgIpc) is 3.14. The molecule has 1 saturated heterocycles. The van der Waals surface area contributed by atoms with E-state index >= 15 is 0 Å². The Bertz CT molecular complexity index is 871. The van der Waals surface area contributed by atoms with E-state index in [1.54, 1.807) is 20.1 Å². The molecule has 0 aromatic heterocycles. The summed E-state index contributed by atoms with van der Waals surface area (Å²) >= 11 is 6.43. The molecule has 1 aliphatic rings. The lowest BCUT2D eigenvalue weighted by atomic mass is 9.98. The van der Waals surface area contributed by atoms with Gasteiger partial charge in [0.2, 0.25) is 5.79 Å². The molecule has 8 heteroatoms. The Morgan fingerprint density at radius 3 is 2.00 bits per heavy atom. The van der Waals surface area contributed by atoms with E-state index in [2.05, 4.69) is 0 Å². The van der Waals surface area contributed by atoms with Crippen LogP contribution in [0.3, 0.4) is 0 Å². The molecule has 2 aromatic carbocycles. The number of ether oxygens (including phenoxy) is 5.